The number of ether oxygens (including phenoxy) is 1. The molecular formula is C15H21ClF3NO. The SMILES string of the molecule is CC(C)(C)CC(Cl)CNCc1ccc(OC(F)(F)F)cc1. The Morgan fingerprint density at radius 1 is 1.14 bits per heavy atom. The molecule has 0 amide bonds. The first-order valence-corrected chi connectivity index (χ1v) is 7.18. The van der Waals surface area contributed by atoms with E-state index in [0.29, 0.717) is 13.1 Å². The van der Waals surface area contributed by atoms with E-state index in [0.717, 1.165) is 12.0 Å². The van der Waals surface area contributed by atoms with Gasteiger partial charge in [-0.3, -0.25) is 0 Å². The van der Waals surface area contributed by atoms with Crippen LogP contribution in [0.1, 0.15) is 32.8 Å². The number of alkyl halides is 4. The minimum atomic E-state index is -4.65. The third-order valence-electron chi connectivity index (χ3n) is 2.69. The highest BCUT2D eigenvalue weighted by molar-refractivity contribution is 6.20. The molecular weight excluding hydrogens is 303 g/mol. The van der Waals surface area contributed by atoms with Crippen LogP contribution in [0.15, 0.2) is 24.3 Å². The fourth-order valence-corrected chi connectivity index (χ4v) is 2.49. The van der Waals surface area contributed by atoms with Crippen LogP contribution in [0.5, 0.6) is 5.75 Å². The van der Waals surface area contributed by atoms with Crippen LogP contribution in [0.2, 0.25) is 0 Å². The van der Waals surface area contributed by atoms with Crippen molar-refractivity contribution in [3.05, 3.63) is 29.8 Å². The van der Waals surface area contributed by atoms with Crippen molar-refractivity contribution in [2.45, 2.75) is 45.5 Å². The molecule has 0 bridgehead atoms. The Labute approximate surface area is 128 Å². The maximum atomic E-state index is 12.0. The van der Waals surface area contributed by atoms with Gasteiger partial charge in [0.2, 0.25) is 0 Å². The molecule has 0 aliphatic carbocycles. The first kappa shape index (κ1) is 18.1. The Balaban J connectivity index is 2.36. The van der Waals surface area contributed by atoms with Crippen molar-refractivity contribution in [2.24, 2.45) is 5.41 Å². The predicted molar refractivity (Wildman–Crippen MR) is 78.5 cm³/mol. The Kier molecular flexibility index (Phi) is 6.35. The minimum absolute atomic E-state index is 0.0258. The molecule has 0 saturated carbocycles. The van der Waals surface area contributed by atoms with Crippen molar-refractivity contribution in [1.29, 1.82) is 0 Å². The maximum Gasteiger partial charge on any atom is 0.573 e. The van der Waals surface area contributed by atoms with Gasteiger partial charge in [-0.1, -0.05) is 32.9 Å². The van der Waals surface area contributed by atoms with E-state index in [4.69, 9.17) is 11.6 Å². The van der Waals surface area contributed by atoms with Gasteiger partial charge in [-0.25, -0.2) is 0 Å². The van der Waals surface area contributed by atoms with Crippen molar-refractivity contribution in [3.63, 3.8) is 0 Å². The van der Waals surface area contributed by atoms with Gasteiger partial charge >= 0.3 is 6.36 Å². The molecule has 0 fully saturated rings. The van der Waals surface area contributed by atoms with Gasteiger partial charge in [-0.15, -0.1) is 24.8 Å². The van der Waals surface area contributed by atoms with Crippen LogP contribution in [0, 0.1) is 5.41 Å². The molecule has 0 saturated heterocycles. The largest absolute Gasteiger partial charge is 0.573 e. The minimum Gasteiger partial charge on any atom is -0.406 e. The summed E-state index contributed by atoms with van der Waals surface area (Å²) in [7, 11) is 0. The smallest absolute Gasteiger partial charge is 0.406 e. The van der Waals surface area contributed by atoms with Crippen LogP contribution < -0.4 is 10.1 Å². The molecule has 0 aromatic heterocycles. The molecule has 1 atom stereocenters. The van der Waals surface area contributed by atoms with Crippen LogP contribution >= 0.6 is 11.6 Å². The molecule has 0 spiro atoms. The summed E-state index contributed by atoms with van der Waals surface area (Å²) in [5.41, 5.74) is 1.05. The Hall–Kier alpha value is -0.940. The summed E-state index contributed by atoms with van der Waals surface area (Å²) in [6, 6.07) is 5.80. The molecule has 120 valence electrons. The Bertz CT molecular complexity index is 426. The lowest BCUT2D eigenvalue weighted by atomic mass is 9.90. The third-order valence-corrected chi connectivity index (χ3v) is 2.99. The second-order valence-electron chi connectivity index (χ2n) is 6.18. The van der Waals surface area contributed by atoms with E-state index in [1.807, 2.05) is 0 Å². The highest BCUT2D eigenvalue weighted by atomic mass is 35.5. The van der Waals surface area contributed by atoms with Gasteiger partial charge in [0.1, 0.15) is 5.75 Å². The second-order valence-corrected chi connectivity index (χ2v) is 6.80. The van der Waals surface area contributed by atoms with Crippen LogP contribution in [0.25, 0.3) is 0 Å². The highest BCUT2D eigenvalue weighted by Gasteiger charge is 2.30. The zero-order valence-corrected chi connectivity index (χ0v) is 13.2. The van der Waals surface area contributed by atoms with Gasteiger partial charge in [0.15, 0.2) is 0 Å². The van der Waals surface area contributed by atoms with Crippen molar-refractivity contribution in [2.75, 3.05) is 6.54 Å². The fourth-order valence-electron chi connectivity index (χ4n) is 1.92. The molecule has 0 heterocycles. The summed E-state index contributed by atoms with van der Waals surface area (Å²) >= 11 is 6.22. The number of hydrogen-bond donors (Lipinski definition) is 1. The van der Waals surface area contributed by atoms with Gasteiger partial charge in [0, 0.05) is 18.5 Å². The van der Waals surface area contributed by atoms with E-state index < -0.39 is 6.36 Å². The monoisotopic (exact) mass is 323 g/mol. The van der Waals surface area contributed by atoms with E-state index in [9.17, 15) is 13.2 Å². The molecule has 1 aromatic rings. The van der Waals surface area contributed by atoms with Gasteiger partial charge in [0.05, 0.1) is 0 Å². The average Bonchev–Trinajstić information content (AvgIpc) is 2.27. The van der Waals surface area contributed by atoms with Crippen molar-refractivity contribution in [3.8, 4) is 5.75 Å². The van der Waals surface area contributed by atoms with Gasteiger partial charge < -0.3 is 10.1 Å². The second kappa shape index (κ2) is 7.36. The van der Waals surface area contributed by atoms with E-state index >= 15 is 0 Å². The summed E-state index contributed by atoms with van der Waals surface area (Å²) < 4.78 is 39.9. The lowest BCUT2D eigenvalue weighted by Gasteiger charge is -2.22. The van der Waals surface area contributed by atoms with Crippen LogP contribution in [-0.4, -0.2) is 18.3 Å². The molecule has 1 aromatic carbocycles. The number of hydrogen-bond acceptors (Lipinski definition) is 2. The zero-order valence-electron chi connectivity index (χ0n) is 12.4. The van der Waals surface area contributed by atoms with Crippen LogP contribution in [0.3, 0.4) is 0 Å². The molecule has 0 radical (unpaired) electrons. The molecule has 1 rings (SSSR count). The van der Waals surface area contributed by atoms with Crippen molar-refractivity contribution >= 4 is 11.6 Å². The summed E-state index contributed by atoms with van der Waals surface area (Å²) in [4.78, 5) is 0. The number of benzene rings is 1. The lowest BCUT2D eigenvalue weighted by molar-refractivity contribution is -0.274. The Morgan fingerprint density at radius 2 is 1.71 bits per heavy atom. The first-order chi connectivity index (χ1) is 9.55. The summed E-state index contributed by atoms with van der Waals surface area (Å²) in [6.07, 6.45) is -3.77. The van der Waals surface area contributed by atoms with Gasteiger partial charge in [-0.2, -0.15) is 0 Å². The lowest BCUT2D eigenvalue weighted by Crippen LogP contribution is -2.26. The number of nitrogens with one attached hydrogen (secondary N) is 1. The highest BCUT2D eigenvalue weighted by Crippen LogP contribution is 2.24. The molecule has 2 nitrogen and oxygen atoms in total. The molecule has 0 aliphatic heterocycles. The molecule has 1 N–H and O–H groups in total. The summed E-state index contributed by atoms with van der Waals surface area (Å²) in [6.45, 7) is 7.59. The fraction of sp³-hybridized carbons (Fsp3) is 0.600. The summed E-state index contributed by atoms with van der Waals surface area (Å²) in [5.74, 6) is -0.214. The van der Waals surface area contributed by atoms with Crippen molar-refractivity contribution in [1.82, 2.24) is 5.32 Å². The topological polar surface area (TPSA) is 21.3 Å². The van der Waals surface area contributed by atoms with E-state index in [2.05, 4.69) is 30.8 Å². The third kappa shape index (κ3) is 8.83. The van der Waals surface area contributed by atoms with E-state index in [-0.39, 0.29) is 16.5 Å². The van der Waals surface area contributed by atoms with E-state index in [1.54, 1.807) is 12.1 Å². The van der Waals surface area contributed by atoms with Gasteiger partial charge in [0.25, 0.3) is 0 Å². The predicted octanol–water partition coefficient (Wildman–Crippen LogP) is 4.72. The quantitative estimate of drug-likeness (QED) is 0.765. The zero-order chi connectivity index (χ0) is 16.1. The van der Waals surface area contributed by atoms with E-state index in [1.165, 1.54) is 12.1 Å². The number of halogens is 4. The van der Waals surface area contributed by atoms with Crippen molar-refractivity contribution < 1.29 is 17.9 Å². The molecule has 0 aliphatic rings. The average molecular weight is 324 g/mol. The summed E-state index contributed by atoms with van der Waals surface area (Å²) in [5, 5.41) is 3.22. The molecule has 6 heteroatoms. The Morgan fingerprint density at radius 3 is 2.19 bits per heavy atom. The van der Waals surface area contributed by atoms with Gasteiger partial charge in [-0.05, 0) is 29.5 Å². The van der Waals surface area contributed by atoms with Crippen LogP contribution in [0.4, 0.5) is 13.2 Å². The van der Waals surface area contributed by atoms with Crippen LogP contribution in [-0.2, 0) is 6.54 Å². The first-order valence-electron chi connectivity index (χ1n) is 6.75. The number of rotatable bonds is 6. The standard InChI is InChI=1S/C15H21ClF3NO/c1-14(2,3)8-12(16)10-20-9-11-4-6-13(7-5-11)21-15(17,18)19/h4-7,12,20H,8-10H2,1-3H3. The normalized spacial score (nSPS) is 14.0. The molecule has 21 heavy (non-hydrogen) atoms. The maximum absolute atomic E-state index is 12.0. The molecule has 1 unspecified atom stereocenters.